The number of anilines is 1. The van der Waals surface area contributed by atoms with Crippen LogP contribution < -0.4 is 33.2 Å². The maximum Gasteiger partial charge on any atom is 0.332 e. The van der Waals surface area contributed by atoms with Crippen molar-refractivity contribution >= 4 is 47.3 Å². The van der Waals surface area contributed by atoms with Gasteiger partial charge in [-0.25, -0.2) is 4.79 Å². The zero-order valence-corrected chi connectivity index (χ0v) is 23.4. The standard InChI is InChI=1S/C25H38N8O9/c1-3-16(4-2)42-20(24(38)39)11-18(26)23(37)30-12-21(35)32-19(13-34)17(9-10-29-25(27)28)22(36)31-14-5-7-15(8-6-14)33(40)41/h5-8,13,16-20H,3-4,9-12,26H2,1-2H3,(H,30,37)(H,31,36)(H,32,35)(H,38,39)(H4,27,28,29)/t17?,18-,19+,20?/m0/s1. The summed E-state index contributed by atoms with van der Waals surface area (Å²) in [4.78, 5) is 75.5. The fourth-order valence-corrected chi connectivity index (χ4v) is 3.74. The van der Waals surface area contributed by atoms with Crippen LogP contribution in [-0.2, 0) is 28.7 Å². The SMILES string of the molecule is CCC(CC)OC(C[C@H](N)C(=O)NCC(=O)N[C@H](C=O)C(CCN=C(N)N)C(=O)Nc1ccc([N+](=O)[O-])cc1)C(=O)O. The lowest BCUT2D eigenvalue weighted by molar-refractivity contribution is -0.384. The molecular weight excluding hydrogens is 556 g/mol. The van der Waals surface area contributed by atoms with Gasteiger partial charge in [0.1, 0.15) is 6.29 Å². The minimum Gasteiger partial charge on any atom is -0.479 e. The second-order valence-electron chi connectivity index (χ2n) is 9.19. The molecule has 42 heavy (non-hydrogen) atoms. The summed E-state index contributed by atoms with van der Waals surface area (Å²) in [6.45, 7) is 2.95. The van der Waals surface area contributed by atoms with Gasteiger partial charge in [-0.3, -0.25) is 29.5 Å². The summed E-state index contributed by atoms with van der Waals surface area (Å²) < 4.78 is 5.51. The number of non-ortho nitro benzene ring substituents is 1. The van der Waals surface area contributed by atoms with Gasteiger partial charge in [-0.2, -0.15) is 0 Å². The first-order valence-electron chi connectivity index (χ1n) is 13.1. The predicted molar refractivity (Wildman–Crippen MR) is 151 cm³/mol. The Morgan fingerprint density at radius 1 is 1.12 bits per heavy atom. The molecule has 0 aromatic heterocycles. The molecule has 1 aromatic rings. The van der Waals surface area contributed by atoms with Gasteiger partial charge in [-0.15, -0.1) is 0 Å². The lowest BCUT2D eigenvalue weighted by Crippen LogP contribution is -2.51. The number of aldehydes is 1. The molecule has 2 unspecified atom stereocenters. The monoisotopic (exact) mass is 594 g/mol. The highest BCUT2D eigenvalue weighted by Crippen LogP contribution is 2.18. The molecule has 0 aliphatic rings. The number of aliphatic carboxylic acids is 1. The Balaban J connectivity index is 2.86. The van der Waals surface area contributed by atoms with E-state index in [1.807, 2.05) is 13.8 Å². The summed E-state index contributed by atoms with van der Waals surface area (Å²) in [7, 11) is 0. The van der Waals surface area contributed by atoms with Crippen LogP contribution in [-0.4, -0.2) is 83.3 Å². The molecule has 17 heteroatoms. The third-order valence-electron chi connectivity index (χ3n) is 6.10. The molecule has 10 N–H and O–H groups in total. The molecule has 0 fully saturated rings. The van der Waals surface area contributed by atoms with Crippen LogP contribution in [0.3, 0.4) is 0 Å². The molecule has 232 valence electrons. The highest BCUT2D eigenvalue weighted by Gasteiger charge is 2.31. The number of rotatable bonds is 19. The van der Waals surface area contributed by atoms with E-state index in [0.717, 1.165) is 0 Å². The number of nitrogens with one attached hydrogen (secondary N) is 3. The van der Waals surface area contributed by atoms with E-state index in [1.165, 1.54) is 24.3 Å². The number of nitrogens with zero attached hydrogens (tertiary/aromatic N) is 2. The fourth-order valence-electron chi connectivity index (χ4n) is 3.74. The maximum atomic E-state index is 13.0. The van der Waals surface area contributed by atoms with Crippen molar-refractivity contribution < 1.29 is 38.7 Å². The zero-order chi connectivity index (χ0) is 31.8. The second-order valence-corrected chi connectivity index (χ2v) is 9.19. The summed E-state index contributed by atoms with van der Waals surface area (Å²) in [5.41, 5.74) is 16.5. The van der Waals surface area contributed by atoms with Gasteiger partial charge < -0.3 is 47.8 Å². The van der Waals surface area contributed by atoms with Crippen molar-refractivity contribution in [2.24, 2.45) is 28.1 Å². The van der Waals surface area contributed by atoms with Gasteiger partial charge in [0, 0.05) is 30.8 Å². The lowest BCUT2D eigenvalue weighted by atomic mass is 9.95. The summed E-state index contributed by atoms with van der Waals surface area (Å²) in [5, 5.41) is 27.4. The zero-order valence-electron chi connectivity index (χ0n) is 23.4. The Kier molecular flexibility index (Phi) is 15.1. The number of hydrogen-bond donors (Lipinski definition) is 7. The van der Waals surface area contributed by atoms with Crippen molar-refractivity contribution in [2.45, 2.75) is 63.8 Å². The number of guanidine groups is 1. The molecule has 0 aliphatic heterocycles. The molecule has 0 heterocycles. The largest absolute Gasteiger partial charge is 0.479 e. The number of carboxylic acids is 1. The van der Waals surface area contributed by atoms with E-state index >= 15 is 0 Å². The Bertz CT molecular complexity index is 1120. The van der Waals surface area contributed by atoms with Crippen LogP contribution in [0.2, 0.25) is 0 Å². The van der Waals surface area contributed by atoms with Crippen LogP contribution in [0.1, 0.15) is 39.5 Å². The highest BCUT2D eigenvalue weighted by atomic mass is 16.6. The van der Waals surface area contributed by atoms with Crippen molar-refractivity contribution in [2.75, 3.05) is 18.4 Å². The molecule has 4 atom stereocenters. The number of aliphatic imine (C=N–C) groups is 1. The van der Waals surface area contributed by atoms with Crippen LogP contribution in [0.4, 0.5) is 11.4 Å². The van der Waals surface area contributed by atoms with Crippen molar-refractivity contribution in [3.8, 4) is 0 Å². The first kappa shape index (κ1) is 35.4. The van der Waals surface area contributed by atoms with E-state index in [4.69, 9.17) is 21.9 Å². The number of nitrogens with two attached hydrogens (primary N) is 3. The number of ether oxygens (including phenoxy) is 1. The van der Waals surface area contributed by atoms with Crippen LogP contribution in [0.15, 0.2) is 29.3 Å². The van der Waals surface area contributed by atoms with Gasteiger partial charge in [-0.1, -0.05) is 13.8 Å². The van der Waals surface area contributed by atoms with Gasteiger partial charge in [0.25, 0.3) is 5.69 Å². The van der Waals surface area contributed by atoms with Gasteiger partial charge in [-0.05, 0) is 31.4 Å². The molecule has 0 saturated carbocycles. The number of carbonyl (C=O) groups excluding carboxylic acids is 4. The van der Waals surface area contributed by atoms with Crippen molar-refractivity contribution in [1.82, 2.24) is 10.6 Å². The number of amides is 3. The van der Waals surface area contributed by atoms with Gasteiger partial charge in [0.2, 0.25) is 17.7 Å². The maximum absolute atomic E-state index is 13.0. The molecule has 0 radical (unpaired) electrons. The topological polar surface area (TPSA) is 284 Å². The summed E-state index contributed by atoms with van der Waals surface area (Å²) in [6, 6.07) is 2.25. The molecule has 3 amide bonds. The molecule has 1 aromatic carbocycles. The van der Waals surface area contributed by atoms with E-state index in [2.05, 4.69) is 20.9 Å². The third-order valence-corrected chi connectivity index (χ3v) is 6.10. The third kappa shape index (κ3) is 12.3. The molecular formula is C25H38N8O9. The Morgan fingerprint density at radius 3 is 2.24 bits per heavy atom. The molecule has 0 spiro atoms. The highest BCUT2D eigenvalue weighted by molar-refractivity contribution is 5.96. The number of nitro groups is 1. The fraction of sp³-hybridized carbons (Fsp3) is 0.520. The molecule has 0 bridgehead atoms. The van der Waals surface area contributed by atoms with Crippen LogP contribution >= 0.6 is 0 Å². The minimum absolute atomic E-state index is 0.0732. The minimum atomic E-state index is -1.37. The number of hydrogen-bond acceptors (Lipinski definition) is 10. The summed E-state index contributed by atoms with van der Waals surface area (Å²) >= 11 is 0. The van der Waals surface area contributed by atoms with Crippen LogP contribution in [0, 0.1) is 16.0 Å². The van der Waals surface area contributed by atoms with Crippen LogP contribution in [0.5, 0.6) is 0 Å². The second kappa shape index (κ2) is 17.9. The number of carbonyl (C=O) groups is 5. The smallest absolute Gasteiger partial charge is 0.332 e. The average molecular weight is 595 g/mol. The lowest BCUT2D eigenvalue weighted by Gasteiger charge is -2.24. The van der Waals surface area contributed by atoms with Crippen LogP contribution in [0.25, 0.3) is 0 Å². The first-order chi connectivity index (χ1) is 19.8. The number of nitro benzene ring substituents is 1. The molecule has 0 aliphatic carbocycles. The predicted octanol–water partition coefficient (Wildman–Crippen LogP) is -1.01. The van der Waals surface area contributed by atoms with Gasteiger partial charge >= 0.3 is 5.97 Å². The van der Waals surface area contributed by atoms with E-state index in [1.54, 1.807) is 0 Å². The van der Waals surface area contributed by atoms with Crippen molar-refractivity contribution in [1.29, 1.82) is 0 Å². The molecule has 17 nitrogen and oxygen atoms in total. The van der Waals surface area contributed by atoms with E-state index in [0.29, 0.717) is 19.1 Å². The van der Waals surface area contributed by atoms with Crippen molar-refractivity contribution in [3.63, 3.8) is 0 Å². The normalized spacial score (nSPS) is 13.6. The van der Waals surface area contributed by atoms with E-state index in [9.17, 15) is 39.2 Å². The Labute approximate surface area is 241 Å². The Morgan fingerprint density at radius 2 is 1.74 bits per heavy atom. The van der Waals surface area contributed by atoms with Gasteiger partial charge in [0.05, 0.1) is 35.6 Å². The Hall–Kier alpha value is -4.64. The summed E-state index contributed by atoms with van der Waals surface area (Å²) in [6.07, 6.45) is -0.615. The number of benzene rings is 1. The van der Waals surface area contributed by atoms with Crippen molar-refractivity contribution in [3.05, 3.63) is 34.4 Å². The van der Waals surface area contributed by atoms with E-state index in [-0.39, 0.29) is 42.8 Å². The first-order valence-corrected chi connectivity index (χ1v) is 13.1. The number of carboxylic acid groups (broad SMARTS) is 1. The van der Waals surface area contributed by atoms with E-state index < -0.39 is 59.3 Å². The quantitative estimate of drug-likeness (QED) is 0.0333. The molecule has 0 saturated heterocycles. The average Bonchev–Trinajstić information content (AvgIpc) is 2.94. The van der Waals surface area contributed by atoms with Gasteiger partial charge in [0.15, 0.2) is 12.1 Å². The molecule has 1 rings (SSSR count). The summed E-state index contributed by atoms with van der Waals surface area (Å²) in [5.74, 6) is -5.10.